The van der Waals surface area contributed by atoms with Crippen molar-refractivity contribution < 1.29 is 13.5 Å². The molecule has 1 fully saturated rings. The largest absolute Gasteiger partial charge is 0.387 e. The van der Waals surface area contributed by atoms with Gasteiger partial charge in [-0.05, 0) is 43.7 Å². The number of sulfone groups is 1. The van der Waals surface area contributed by atoms with Crippen molar-refractivity contribution >= 4 is 9.84 Å². The molecule has 2 rings (SSSR count). The molecule has 0 amide bonds. The molecule has 21 heavy (non-hydrogen) atoms. The van der Waals surface area contributed by atoms with Crippen LogP contribution < -0.4 is 0 Å². The van der Waals surface area contributed by atoms with Crippen LogP contribution in [-0.4, -0.2) is 24.5 Å². The third-order valence-electron chi connectivity index (χ3n) is 4.94. The van der Waals surface area contributed by atoms with Crippen molar-refractivity contribution in [3.63, 3.8) is 0 Å². The lowest BCUT2D eigenvalue weighted by atomic mass is 9.83. The van der Waals surface area contributed by atoms with Crippen LogP contribution in [0.1, 0.15) is 69.1 Å². The van der Waals surface area contributed by atoms with Gasteiger partial charge in [0.1, 0.15) is 0 Å². The fraction of sp³-hybridized carbons (Fsp3) is 0.647. The van der Waals surface area contributed by atoms with Crippen LogP contribution in [0.3, 0.4) is 0 Å². The van der Waals surface area contributed by atoms with Crippen molar-refractivity contribution in [2.24, 2.45) is 0 Å². The van der Waals surface area contributed by atoms with E-state index in [4.69, 9.17) is 0 Å². The molecule has 0 spiro atoms. The Balaban J connectivity index is 2.18. The number of hydrogen-bond acceptors (Lipinski definition) is 3. The van der Waals surface area contributed by atoms with E-state index in [-0.39, 0.29) is 0 Å². The van der Waals surface area contributed by atoms with Gasteiger partial charge in [-0.2, -0.15) is 0 Å². The average molecular weight is 310 g/mol. The van der Waals surface area contributed by atoms with Crippen molar-refractivity contribution in [2.45, 2.75) is 62.7 Å². The number of hydrogen-bond donors (Lipinski definition) is 1. The normalized spacial score (nSPS) is 19.4. The van der Waals surface area contributed by atoms with Gasteiger partial charge in [-0.25, -0.2) is 8.42 Å². The van der Waals surface area contributed by atoms with Crippen molar-refractivity contribution in [3.8, 4) is 0 Å². The van der Waals surface area contributed by atoms with Crippen molar-refractivity contribution in [2.75, 3.05) is 6.26 Å². The SMILES string of the molecule is CC(C)(C(O)c1ccc(C2CCCCC2)cc1)S(C)(=O)=O. The van der Waals surface area contributed by atoms with E-state index in [1.807, 2.05) is 24.3 Å². The second-order valence-electron chi connectivity index (χ2n) is 6.78. The van der Waals surface area contributed by atoms with Crippen LogP contribution in [0.2, 0.25) is 0 Å². The van der Waals surface area contributed by atoms with Gasteiger partial charge >= 0.3 is 0 Å². The Kier molecular flexibility index (Phi) is 4.79. The summed E-state index contributed by atoms with van der Waals surface area (Å²) < 4.78 is 22.5. The predicted octanol–water partition coefficient (Wildman–Crippen LogP) is 3.59. The summed E-state index contributed by atoms with van der Waals surface area (Å²) in [5, 5.41) is 10.4. The lowest BCUT2D eigenvalue weighted by molar-refractivity contribution is 0.139. The van der Waals surface area contributed by atoms with Gasteiger partial charge in [0.25, 0.3) is 0 Å². The Morgan fingerprint density at radius 2 is 1.62 bits per heavy atom. The highest BCUT2D eigenvalue weighted by molar-refractivity contribution is 7.92. The van der Waals surface area contributed by atoms with Gasteiger partial charge in [0, 0.05) is 6.26 Å². The minimum absolute atomic E-state index is 0.618. The molecule has 0 saturated heterocycles. The van der Waals surface area contributed by atoms with Crippen LogP contribution in [0.15, 0.2) is 24.3 Å². The van der Waals surface area contributed by atoms with Gasteiger partial charge < -0.3 is 5.11 Å². The molecule has 118 valence electrons. The molecule has 1 saturated carbocycles. The van der Waals surface area contributed by atoms with E-state index in [0.29, 0.717) is 11.5 Å². The zero-order valence-corrected chi connectivity index (χ0v) is 14.0. The first-order valence-corrected chi connectivity index (χ1v) is 9.60. The second-order valence-corrected chi connectivity index (χ2v) is 9.38. The van der Waals surface area contributed by atoms with Crippen LogP contribution >= 0.6 is 0 Å². The molecule has 0 radical (unpaired) electrons. The fourth-order valence-corrected chi connectivity index (χ4v) is 3.53. The van der Waals surface area contributed by atoms with Gasteiger partial charge in [0.15, 0.2) is 9.84 Å². The van der Waals surface area contributed by atoms with Crippen molar-refractivity contribution in [1.29, 1.82) is 0 Å². The second kappa shape index (κ2) is 6.09. The monoisotopic (exact) mass is 310 g/mol. The van der Waals surface area contributed by atoms with Gasteiger partial charge in [-0.3, -0.25) is 0 Å². The molecule has 1 aliphatic carbocycles. The Hall–Kier alpha value is -0.870. The van der Waals surface area contributed by atoms with Crippen LogP contribution in [-0.2, 0) is 9.84 Å². The summed E-state index contributed by atoms with van der Waals surface area (Å²) in [6.07, 6.45) is 6.54. The maximum Gasteiger partial charge on any atom is 0.155 e. The molecule has 4 heteroatoms. The van der Waals surface area contributed by atoms with Crippen LogP contribution in [0.4, 0.5) is 0 Å². The average Bonchev–Trinajstić information content (AvgIpc) is 2.46. The van der Waals surface area contributed by atoms with E-state index in [2.05, 4.69) is 0 Å². The smallest absolute Gasteiger partial charge is 0.155 e. The molecular weight excluding hydrogens is 284 g/mol. The van der Waals surface area contributed by atoms with E-state index >= 15 is 0 Å². The first-order chi connectivity index (χ1) is 9.73. The molecule has 0 aliphatic heterocycles. The molecule has 1 atom stereocenters. The quantitative estimate of drug-likeness (QED) is 0.924. The molecule has 0 bridgehead atoms. The van der Waals surface area contributed by atoms with Crippen molar-refractivity contribution in [3.05, 3.63) is 35.4 Å². The van der Waals surface area contributed by atoms with Crippen LogP contribution in [0.25, 0.3) is 0 Å². The zero-order chi connectivity index (χ0) is 15.7. The summed E-state index contributed by atoms with van der Waals surface area (Å²) in [7, 11) is -3.33. The highest BCUT2D eigenvalue weighted by Crippen LogP contribution is 2.35. The third-order valence-corrected chi connectivity index (χ3v) is 7.08. The number of aliphatic hydroxyl groups is 1. The first kappa shape index (κ1) is 16.5. The van der Waals surface area contributed by atoms with E-state index in [9.17, 15) is 13.5 Å². The standard InChI is InChI=1S/C17H26O3S/c1-17(2,21(3,19)20)16(18)15-11-9-14(10-12-15)13-7-5-4-6-8-13/h9-13,16,18H,4-8H2,1-3H3. The Morgan fingerprint density at radius 3 is 2.10 bits per heavy atom. The van der Waals surface area contributed by atoms with Crippen molar-refractivity contribution in [1.82, 2.24) is 0 Å². The fourth-order valence-electron chi connectivity index (χ4n) is 2.99. The molecule has 1 aromatic rings. The lowest BCUT2D eigenvalue weighted by Gasteiger charge is -2.29. The van der Waals surface area contributed by atoms with Crippen LogP contribution in [0, 0.1) is 0 Å². The lowest BCUT2D eigenvalue weighted by Crippen LogP contribution is -2.37. The predicted molar refractivity (Wildman–Crippen MR) is 86.2 cm³/mol. The number of benzene rings is 1. The summed E-state index contributed by atoms with van der Waals surface area (Å²) in [5.74, 6) is 0.618. The molecule has 0 aromatic heterocycles. The van der Waals surface area contributed by atoms with Gasteiger partial charge in [-0.1, -0.05) is 43.5 Å². The van der Waals surface area contributed by atoms with E-state index in [0.717, 1.165) is 0 Å². The topological polar surface area (TPSA) is 54.4 Å². The van der Waals surface area contributed by atoms with E-state index in [1.165, 1.54) is 43.9 Å². The molecule has 3 nitrogen and oxygen atoms in total. The number of rotatable bonds is 4. The molecule has 1 N–H and O–H groups in total. The summed E-state index contributed by atoms with van der Waals surface area (Å²) in [6, 6.07) is 7.85. The summed E-state index contributed by atoms with van der Waals surface area (Å²) in [4.78, 5) is 0. The molecule has 1 unspecified atom stereocenters. The van der Waals surface area contributed by atoms with E-state index < -0.39 is 20.7 Å². The summed E-state index contributed by atoms with van der Waals surface area (Å²) >= 11 is 0. The molecule has 1 aliphatic rings. The van der Waals surface area contributed by atoms with Crippen LogP contribution in [0.5, 0.6) is 0 Å². The Labute approximate surface area is 128 Å². The number of aliphatic hydroxyl groups excluding tert-OH is 1. The molecule has 0 heterocycles. The molecule has 1 aromatic carbocycles. The minimum atomic E-state index is -3.33. The highest BCUT2D eigenvalue weighted by Gasteiger charge is 2.38. The maximum atomic E-state index is 11.8. The maximum absolute atomic E-state index is 11.8. The van der Waals surface area contributed by atoms with E-state index in [1.54, 1.807) is 13.8 Å². The van der Waals surface area contributed by atoms with Gasteiger partial charge in [-0.15, -0.1) is 0 Å². The van der Waals surface area contributed by atoms with Gasteiger partial charge in [0.05, 0.1) is 10.9 Å². The zero-order valence-electron chi connectivity index (χ0n) is 13.2. The summed E-state index contributed by atoms with van der Waals surface area (Å²) in [6.45, 7) is 3.14. The third kappa shape index (κ3) is 3.49. The summed E-state index contributed by atoms with van der Waals surface area (Å²) in [5.41, 5.74) is 1.98. The first-order valence-electron chi connectivity index (χ1n) is 7.71. The van der Waals surface area contributed by atoms with Gasteiger partial charge in [0.2, 0.25) is 0 Å². The Morgan fingerprint density at radius 1 is 1.10 bits per heavy atom. The Bertz CT molecular complexity index is 567. The molecular formula is C17H26O3S. The highest BCUT2D eigenvalue weighted by atomic mass is 32.2. The minimum Gasteiger partial charge on any atom is -0.387 e.